The number of hydrogen-bond donors (Lipinski definition) is 1. The Morgan fingerprint density at radius 3 is 2.77 bits per heavy atom. The van der Waals surface area contributed by atoms with Gasteiger partial charge in [0.25, 0.3) is 5.91 Å². The molecule has 3 heterocycles. The van der Waals surface area contributed by atoms with Crippen molar-refractivity contribution >= 4 is 44.8 Å². The van der Waals surface area contributed by atoms with Crippen LogP contribution in [0.3, 0.4) is 0 Å². The molecule has 0 radical (unpaired) electrons. The van der Waals surface area contributed by atoms with Gasteiger partial charge in [0.05, 0.1) is 23.9 Å². The molecule has 0 aliphatic rings. The van der Waals surface area contributed by atoms with Crippen LogP contribution in [-0.2, 0) is 16.6 Å². The van der Waals surface area contributed by atoms with E-state index in [0.717, 1.165) is 9.71 Å². The Kier molecular flexibility index (Phi) is 6.15. The highest BCUT2D eigenvalue weighted by Gasteiger charge is 2.24. The Morgan fingerprint density at radius 1 is 1.26 bits per heavy atom. The van der Waals surface area contributed by atoms with Gasteiger partial charge in [0.15, 0.2) is 0 Å². The SMILES string of the molecule is CCOC(=O)CC(NC(=O)c1cc2c(-c3ccccc3F)nn(C)c2s1)c1cccs1. The smallest absolute Gasteiger partial charge is 0.308 e. The zero-order valence-electron chi connectivity index (χ0n) is 16.9. The molecule has 0 aliphatic carbocycles. The normalized spacial score (nSPS) is 12.1. The Morgan fingerprint density at radius 2 is 2.06 bits per heavy atom. The molecule has 4 rings (SSSR count). The third kappa shape index (κ3) is 4.38. The molecule has 1 unspecified atom stereocenters. The van der Waals surface area contributed by atoms with Crippen LogP contribution in [0.15, 0.2) is 47.8 Å². The van der Waals surface area contributed by atoms with Crippen molar-refractivity contribution in [1.29, 1.82) is 0 Å². The third-order valence-corrected chi connectivity index (χ3v) is 6.92. The van der Waals surface area contributed by atoms with Crippen molar-refractivity contribution in [1.82, 2.24) is 15.1 Å². The van der Waals surface area contributed by atoms with Gasteiger partial charge in [-0.05, 0) is 36.6 Å². The summed E-state index contributed by atoms with van der Waals surface area (Å²) in [5, 5.41) is 9.99. The van der Waals surface area contributed by atoms with Gasteiger partial charge in [-0.1, -0.05) is 18.2 Å². The average Bonchev–Trinajstić information content (AvgIpc) is 3.47. The van der Waals surface area contributed by atoms with E-state index in [2.05, 4.69) is 10.4 Å². The summed E-state index contributed by atoms with van der Waals surface area (Å²) in [6.45, 7) is 2.03. The lowest BCUT2D eigenvalue weighted by molar-refractivity contribution is -0.143. The van der Waals surface area contributed by atoms with Gasteiger partial charge in [0.1, 0.15) is 16.3 Å². The number of ether oxygens (including phenoxy) is 1. The number of nitrogens with one attached hydrogen (secondary N) is 1. The van der Waals surface area contributed by atoms with Crippen LogP contribution in [0.4, 0.5) is 4.39 Å². The summed E-state index contributed by atoms with van der Waals surface area (Å²) in [7, 11) is 1.76. The second-order valence-corrected chi connectivity index (χ2v) is 8.84. The van der Waals surface area contributed by atoms with Crippen LogP contribution in [0.1, 0.15) is 33.9 Å². The maximum Gasteiger partial charge on any atom is 0.308 e. The van der Waals surface area contributed by atoms with Gasteiger partial charge in [-0.15, -0.1) is 22.7 Å². The molecular weight excluding hydrogens is 437 g/mol. The molecule has 0 aliphatic heterocycles. The van der Waals surface area contributed by atoms with E-state index in [1.807, 2.05) is 17.5 Å². The molecule has 0 fully saturated rings. The van der Waals surface area contributed by atoms with Crippen molar-refractivity contribution in [2.75, 3.05) is 6.61 Å². The summed E-state index contributed by atoms with van der Waals surface area (Å²) in [6.07, 6.45) is 0.0486. The Balaban J connectivity index is 1.63. The van der Waals surface area contributed by atoms with Gasteiger partial charge in [-0.2, -0.15) is 5.10 Å². The zero-order chi connectivity index (χ0) is 22.0. The van der Waals surface area contributed by atoms with Gasteiger partial charge in [0, 0.05) is 22.9 Å². The van der Waals surface area contributed by atoms with Gasteiger partial charge in [0.2, 0.25) is 0 Å². The third-order valence-electron chi connectivity index (χ3n) is 4.73. The highest BCUT2D eigenvalue weighted by Crippen LogP contribution is 2.35. The van der Waals surface area contributed by atoms with Gasteiger partial charge in [-0.25, -0.2) is 4.39 Å². The minimum atomic E-state index is -0.485. The largest absolute Gasteiger partial charge is 0.466 e. The average molecular weight is 458 g/mol. The number of rotatable bonds is 7. The van der Waals surface area contributed by atoms with Crippen molar-refractivity contribution in [3.63, 3.8) is 0 Å². The molecule has 6 nitrogen and oxygen atoms in total. The van der Waals surface area contributed by atoms with Crippen molar-refractivity contribution in [2.45, 2.75) is 19.4 Å². The first-order valence-corrected chi connectivity index (χ1v) is 11.4. The Hall–Kier alpha value is -3.04. The maximum atomic E-state index is 14.3. The molecule has 0 spiro atoms. The van der Waals surface area contributed by atoms with Crippen LogP contribution in [-0.4, -0.2) is 28.3 Å². The number of halogens is 1. The Labute approximate surface area is 186 Å². The zero-order valence-corrected chi connectivity index (χ0v) is 18.6. The van der Waals surface area contributed by atoms with Gasteiger partial charge < -0.3 is 10.1 Å². The summed E-state index contributed by atoms with van der Waals surface area (Å²) >= 11 is 2.74. The summed E-state index contributed by atoms with van der Waals surface area (Å²) in [4.78, 5) is 27.2. The number of esters is 1. The fourth-order valence-electron chi connectivity index (χ4n) is 3.33. The summed E-state index contributed by atoms with van der Waals surface area (Å²) in [5.74, 6) is -1.04. The molecule has 0 bridgehead atoms. The number of aryl methyl sites for hydroxylation is 1. The molecule has 31 heavy (non-hydrogen) atoms. The summed E-state index contributed by atoms with van der Waals surface area (Å²) < 4.78 is 21.0. The van der Waals surface area contributed by atoms with Crippen molar-refractivity contribution in [3.8, 4) is 11.3 Å². The molecule has 1 N–H and O–H groups in total. The van der Waals surface area contributed by atoms with E-state index in [4.69, 9.17) is 4.74 Å². The number of carbonyl (C=O) groups is 2. The minimum Gasteiger partial charge on any atom is -0.466 e. The Bertz CT molecular complexity index is 1230. The molecule has 160 valence electrons. The molecule has 1 atom stereocenters. The number of hydrogen-bond acceptors (Lipinski definition) is 6. The number of benzene rings is 1. The number of aromatic nitrogens is 2. The summed E-state index contributed by atoms with van der Waals surface area (Å²) in [6, 6.07) is 11.4. The van der Waals surface area contributed by atoms with E-state index >= 15 is 0 Å². The lowest BCUT2D eigenvalue weighted by Crippen LogP contribution is -2.29. The number of nitrogens with zero attached hydrogens (tertiary/aromatic N) is 2. The van der Waals surface area contributed by atoms with Crippen LogP contribution in [0.5, 0.6) is 0 Å². The first-order chi connectivity index (χ1) is 15.0. The predicted octanol–water partition coefficient (Wildman–Crippen LogP) is 4.93. The van der Waals surface area contributed by atoms with Crippen LogP contribution in [0.2, 0.25) is 0 Å². The second-order valence-electron chi connectivity index (χ2n) is 6.83. The van der Waals surface area contributed by atoms with Gasteiger partial charge >= 0.3 is 5.97 Å². The molecular formula is C22H20FN3O3S2. The highest BCUT2D eigenvalue weighted by atomic mass is 32.1. The fraction of sp³-hybridized carbons (Fsp3) is 0.227. The van der Waals surface area contributed by atoms with Crippen molar-refractivity contribution < 1.29 is 18.7 Å². The lowest BCUT2D eigenvalue weighted by Gasteiger charge is -2.16. The fourth-order valence-corrected chi connectivity index (χ4v) is 5.09. The van der Waals surface area contributed by atoms with Crippen LogP contribution < -0.4 is 5.32 Å². The van der Waals surface area contributed by atoms with E-state index in [1.165, 1.54) is 28.7 Å². The monoisotopic (exact) mass is 457 g/mol. The first kappa shape index (κ1) is 21.2. The topological polar surface area (TPSA) is 73.2 Å². The highest BCUT2D eigenvalue weighted by molar-refractivity contribution is 7.20. The van der Waals surface area contributed by atoms with Gasteiger partial charge in [-0.3, -0.25) is 14.3 Å². The molecule has 0 saturated heterocycles. The number of thiophene rings is 2. The molecule has 1 amide bonds. The predicted molar refractivity (Wildman–Crippen MR) is 120 cm³/mol. The molecule has 0 saturated carbocycles. The quantitative estimate of drug-likeness (QED) is 0.400. The molecule has 3 aromatic heterocycles. The van der Waals surface area contributed by atoms with Crippen LogP contribution in [0, 0.1) is 5.82 Å². The molecule has 4 aromatic rings. The van der Waals surface area contributed by atoms with Crippen molar-refractivity contribution in [3.05, 3.63) is 63.4 Å². The van der Waals surface area contributed by atoms with Crippen LogP contribution in [0.25, 0.3) is 21.5 Å². The van der Waals surface area contributed by atoms with E-state index in [1.54, 1.807) is 42.9 Å². The van der Waals surface area contributed by atoms with Crippen LogP contribution >= 0.6 is 22.7 Å². The lowest BCUT2D eigenvalue weighted by atomic mass is 10.1. The van der Waals surface area contributed by atoms with Crippen molar-refractivity contribution in [2.24, 2.45) is 7.05 Å². The second kappa shape index (κ2) is 8.99. The number of fused-ring (bicyclic) bond motifs is 1. The van der Waals surface area contributed by atoms with E-state index in [9.17, 15) is 14.0 Å². The number of carbonyl (C=O) groups excluding carboxylic acids is 2. The van der Waals surface area contributed by atoms with E-state index in [0.29, 0.717) is 21.5 Å². The summed E-state index contributed by atoms with van der Waals surface area (Å²) in [5.41, 5.74) is 0.879. The maximum absolute atomic E-state index is 14.3. The van der Waals surface area contributed by atoms with E-state index < -0.39 is 6.04 Å². The first-order valence-electron chi connectivity index (χ1n) is 9.69. The number of amides is 1. The molecule has 9 heteroatoms. The minimum absolute atomic E-state index is 0.0486. The van der Waals surface area contributed by atoms with E-state index in [-0.39, 0.29) is 30.7 Å². The molecule has 1 aromatic carbocycles. The standard InChI is InChI=1S/C22H20FN3O3S2/c1-3-29-19(27)12-16(17-9-6-10-30-17)24-21(28)18-11-14-20(25-26(2)22(14)31-18)13-7-4-5-8-15(13)23/h4-11,16H,3,12H2,1-2H3,(H,24,28).